The minimum absolute atomic E-state index is 0.0639. The molecule has 1 aromatic heterocycles. The van der Waals surface area contributed by atoms with Crippen LogP contribution in [0, 0.1) is 0 Å². The quantitative estimate of drug-likeness (QED) is 0.721. The normalized spacial score (nSPS) is 18.6. The van der Waals surface area contributed by atoms with E-state index in [-0.39, 0.29) is 17.9 Å². The van der Waals surface area contributed by atoms with E-state index in [0.717, 1.165) is 16.8 Å². The zero-order chi connectivity index (χ0) is 19.5. The number of fused-ring (bicyclic) bond motifs is 1. The lowest BCUT2D eigenvalue weighted by molar-refractivity contribution is -0.124. The predicted octanol–water partition coefficient (Wildman–Crippen LogP) is 2.68. The van der Waals surface area contributed by atoms with Gasteiger partial charge in [-0.1, -0.05) is 48.5 Å². The van der Waals surface area contributed by atoms with Gasteiger partial charge in [0.15, 0.2) is 0 Å². The van der Waals surface area contributed by atoms with Crippen molar-refractivity contribution in [2.45, 2.75) is 18.4 Å². The molecule has 0 aliphatic carbocycles. The fraction of sp³-hybridized carbons (Fsp3) is 0.227. The molecule has 3 aromatic rings. The lowest BCUT2D eigenvalue weighted by Crippen LogP contribution is -2.45. The number of benzene rings is 2. The van der Waals surface area contributed by atoms with Crippen molar-refractivity contribution in [3.05, 3.63) is 89.5 Å². The molecule has 2 heterocycles. The van der Waals surface area contributed by atoms with Crippen molar-refractivity contribution in [3.8, 4) is 0 Å². The van der Waals surface area contributed by atoms with Crippen LogP contribution in [-0.4, -0.2) is 40.3 Å². The van der Waals surface area contributed by atoms with Gasteiger partial charge in [-0.2, -0.15) is 0 Å². The third kappa shape index (κ3) is 3.29. The molecular formula is C22H22N4O2. The molecule has 0 spiro atoms. The Labute approximate surface area is 163 Å². The van der Waals surface area contributed by atoms with Crippen LogP contribution in [0.5, 0.6) is 0 Å². The van der Waals surface area contributed by atoms with Crippen molar-refractivity contribution in [3.63, 3.8) is 0 Å². The van der Waals surface area contributed by atoms with Crippen molar-refractivity contribution < 1.29 is 9.59 Å². The number of likely N-dealkylation sites (N-methyl/N-ethyl adjacent to an activating group) is 1. The summed E-state index contributed by atoms with van der Waals surface area (Å²) in [6.07, 6.45) is 4.05. The van der Waals surface area contributed by atoms with Gasteiger partial charge in [0.25, 0.3) is 5.91 Å². The van der Waals surface area contributed by atoms with Gasteiger partial charge in [0, 0.05) is 37.5 Å². The van der Waals surface area contributed by atoms with Crippen LogP contribution in [0.25, 0.3) is 0 Å². The Morgan fingerprint density at radius 3 is 2.64 bits per heavy atom. The molecule has 4 rings (SSSR count). The molecule has 2 atom stereocenters. The molecule has 2 aromatic carbocycles. The van der Waals surface area contributed by atoms with E-state index in [1.807, 2.05) is 48.5 Å². The van der Waals surface area contributed by atoms with E-state index in [1.54, 1.807) is 30.5 Å². The zero-order valence-corrected chi connectivity index (χ0v) is 15.6. The summed E-state index contributed by atoms with van der Waals surface area (Å²) < 4.78 is 0. The highest BCUT2D eigenvalue weighted by Crippen LogP contribution is 2.41. The topological polar surface area (TPSA) is 78.1 Å². The second-order valence-corrected chi connectivity index (χ2v) is 6.95. The van der Waals surface area contributed by atoms with Crippen LogP contribution in [0.15, 0.2) is 67.1 Å². The first-order valence-corrected chi connectivity index (χ1v) is 9.33. The first-order chi connectivity index (χ1) is 13.7. The van der Waals surface area contributed by atoms with Crippen molar-refractivity contribution in [1.82, 2.24) is 20.2 Å². The van der Waals surface area contributed by atoms with Gasteiger partial charge < -0.3 is 15.2 Å². The number of hydrogen-bond donors (Lipinski definition) is 2. The molecular weight excluding hydrogens is 352 g/mol. The van der Waals surface area contributed by atoms with Crippen LogP contribution in [0.3, 0.4) is 0 Å². The second-order valence-electron chi connectivity index (χ2n) is 6.95. The Kier molecular flexibility index (Phi) is 4.93. The van der Waals surface area contributed by atoms with Crippen LogP contribution in [0.2, 0.25) is 0 Å². The maximum absolute atomic E-state index is 13.3. The number of aromatic nitrogens is 2. The molecule has 0 saturated heterocycles. The summed E-state index contributed by atoms with van der Waals surface area (Å²) in [6, 6.07) is 16.8. The third-order valence-electron chi connectivity index (χ3n) is 5.25. The van der Waals surface area contributed by atoms with Crippen molar-refractivity contribution >= 4 is 11.8 Å². The lowest BCUT2D eigenvalue weighted by atomic mass is 9.79. The SMILES string of the molecule is CN1C(=O)c2ccccc2[C@H](C(=O)NCCc2cnc[nH]2)[C@@H]1c1ccccc1. The number of aromatic amines is 1. The van der Waals surface area contributed by atoms with E-state index in [4.69, 9.17) is 0 Å². The molecule has 142 valence electrons. The van der Waals surface area contributed by atoms with Crippen LogP contribution in [0.4, 0.5) is 0 Å². The minimum Gasteiger partial charge on any atom is -0.355 e. The Bertz CT molecular complexity index is 969. The van der Waals surface area contributed by atoms with E-state index in [2.05, 4.69) is 15.3 Å². The smallest absolute Gasteiger partial charge is 0.254 e. The highest BCUT2D eigenvalue weighted by molar-refractivity contribution is 6.01. The third-order valence-corrected chi connectivity index (χ3v) is 5.25. The van der Waals surface area contributed by atoms with Crippen molar-refractivity contribution in [1.29, 1.82) is 0 Å². The van der Waals surface area contributed by atoms with E-state index < -0.39 is 5.92 Å². The van der Waals surface area contributed by atoms with Gasteiger partial charge in [-0.15, -0.1) is 0 Å². The maximum Gasteiger partial charge on any atom is 0.254 e. The highest BCUT2D eigenvalue weighted by atomic mass is 16.2. The van der Waals surface area contributed by atoms with Gasteiger partial charge in [-0.25, -0.2) is 4.98 Å². The molecule has 1 aliphatic heterocycles. The molecule has 28 heavy (non-hydrogen) atoms. The number of carbonyl (C=O) groups is 2. The monoisotopic (exact) mass is 374 g/mol. The van der Waals surface area contributed by atoms with Gasteiger partial charge >= 0.3 is 0 Å². The molecule has 0 unspecified atom stereocenters. The average molecular weight is 374 g/mol. The number of H-pyrrole nitrogens is 1. The molecule has 0 fully saturated rings. The summed E-state index contributed by atoms with van der Waals surface area (Å²) in [6.45, 7) is 0.499. The number of rotatable bonds is 5. The molecule has 1 aliphatic rings. The Balaban J connectivity index is 1.66. The number of amides is 2. The molecule has 2 amide bonds. The van der Waals surface area contributed by atoms with Gasteiger partial charge in [0.05, 0.1) is 18.3 Å². The lowest BCUT2D eigenvalue weighted by Gasteiger charge is -2.39. The van der Waals surface area contributed by atoms with Crippen LogP contribution < -0.4 is 5.32 Å². The van der Waals surface area contributed by atoms with Crippen molar-refractivity contribution in [2.24, 2.45) is 0 Å². The van der Waals surface area contributed by atoms with Gasteiger partial charge in [0.2, 0.25) is 5.91 Å². The largest absolute Gasteiger partial charge is 0.355 e. The zero-order valence-electron chi connectivity index (χ0n) is 15.6. The summed E-state index contributed by atoms with van der Waals surface area (Å²) in [4.78, 5) is 34.9. The number of imidazole rings is 1. The minimum atomic E-state index is -0.469. The van der Waals surface area contributed by atoms with Gasteiger partial charge in [-0.3, -0.25) is 9.59 Å². The van der Waals surface area contributed by atoms with E-state index in [9.17, 15) is 9.59 Å². The summed E-state index contributed by atoms with van der Waals surface area (Å²) in [7, 11) is 1.76. The second kappa shape index (κ2) is 7.68. The van der Waals surface area contributed by atoms with Crippen molar-refractivity contribution in [2.75, 3.05) is 13.6 Å². The molecule has 0 bridgehead atoms. The Hall–Kier alpha value is -3.41. The molecule has 6 nitrogen and oxygen atoms in total. The fourth-order valence-electron chi connectivity index (χ4n) is 3.88. The summed E-state index contributed by atoms with van der Waals surface area (Å²) in [5, 5.41) is 3.04. The first-order valence-electron chi connectivity index (χ1n) is 9.33. The Morgan fingerprint density at radius 1 is 1.14 bits per heavy atom. The summed E-state index contributed by atoms with van der Waals surface area (Å²) in [5.41, 5.74) is 3.28. The summed E-state index contributed by atoms with van der Waals surface area (Å²) in [5.74, 6) is -0.616. The molecule has 0 radical (unpaired) electrons. The van der Waals surface area contributed by atoms with Gasteiger partial charge in [0.1, 0.15) is 0 Å². The standard InChI is InChI=1S/C22H22N4O2/c1-26-20(15-7-3-2-4-8-15)19(17-9-5-6-10-18(17)22(26)28)21(27)24-12-11-16-13-23-14-25-16/h2-10,13-14,19-20H,11-12H2,1H3,(H,23,25)(H,24,27)/t19-,20-/m0/s1. The first kappa shape index (κ1) is 18.0. The summed E-state index contributed by atoms with van der Waals surface area (Å²) >= 11 is 0. The molecule has 0 saturated carbocycles. The number of carbonyl (C=O) groups excluding carboxylic acids is 2. The average Bonchev–Trinajstić information content (AvgIpc) is 3.24. The fourth-order valence-corrected chi connectivity index (χ4v) is 3.88. The number of nitrogens with one attached hydrogen (secondary N) is 2. The maximum atomic E-state index is 13.3. The highest BCUT2D eigenvalue weighted by Gasteiger charge is 2.42. The predicted molar refractivity (Wildman–Crippen MR) is 106 cm³/mol. The number of nitrogens with zero attached hydrogens (tertiary/aromatic N) is 2. The molecule has 6 heteroatoms. The van der Waals surface area contributed by atoms with Crippen LogP contribution >= 0.6 is 0 Å². The van der Waals surface area contributed by atoms with E-state index in [1.165, 1.54) is 0 Å². The number of hydrogen-bond acceptors (Lipinski definition) is 3. The van der Waals surface area contributed by atoms with Crippen LogP contribution in [-0.2, 0) is 11.2 Å². The Morgan fingerprint density at radius 2 is 1.89 bits per heavy atom. The van der Waals surface area contributed by atoms with Gasteiger partial charge in [-0.05, 0) is 17.2 Å². The van der Waals surface area contributed by atoms with E-state index in [0.29, 0.717) is 18.5 Å². The molecule has 2 N–H and O–H groups in total. The van der Waals surface area contributed by atoms with Crippen LogP contribution in [0.1, 0.15) is 39.1 Å². The van der Waals surface area contributed by atoms with E-state index >= 15 is 0 Å².